The molecule has 0 aromatic heterocycles. The molecule has 0 heterocycles. The van der Waals surface area contributed by atoms with Gasteiger partial charge in [-0.05, 0) is 12.5 Å². The molecule has 1 aromatic carbocycles. The third kappa shape index (κ3) is 4.22. The van der Waals surface area contributed by atoms with Gasteiger partial charge in [-0.15, -0.1) is 0 Å². The number of halogens is 15. The number of alkyl halides is 15. The number of benzene rings is 1. The van der Waals surface area contributed by atoms with E-state index in [4.69, 9.17) is 0 Å². The molecule has 0 radical (unpaired) electrons. The van der Waals surface area contributed by atoms with Crippen LogP contribution in [0, 0.1) is 0 Å². The van der Waals surface area contributed by atoms with E-state index in [1.807, 2.05) is 0 Å². The zero-order chi connectivity index (χ0) is 26.5. The maximum Gasteiger partial charge on any atom is 0.460 e. The van der Waals surface area contributed by atoms with E-state index in [-0.39, 0.29) is 0 Å². The summed E-state index contributed by atoms with van der Waals surface area (Å²) in [5, 5.41) is 0. The number of methoxy groups -OCH3 is 1. The van der Waals surface area contributed by atoms with Gasteiger partial charge in [-0.2, -0.15) is 65.9 Å². The Balaban J connectivity index is 3.57. The SMILES string of the molecule is COC(C)(CC(F)(F)C(F)(F)C(F)(F)C(F)(F)C(F)(F)C(F)(F)C(F)(F)F)c1ccccc1. The van der Waals surface area contributed by atoms with Crippen LogP contribution in [0.2, 0.25) is 0 Å². The molecular formula is C17H13F15O. The molecule has 192 valence electrons. The third-order valence-corrected chi connectivity index (χ3v) is 4.79. The molecule has 0 aliphatic rings. The average Bonchev–Trinajstić information content (AvgIpc) is 2.66. The van der Waals surface area contributed by atoms with Crippen molar-refractivity contribution in [3.8, 4) is 0 Å². The number of ether oxygens (including phenoxy) is 1. The lowest BCUT2D eigenvalue weighted by atomic mass is 9.83. The summed E-state index contributed by atoms with van der Waals surface area (Å²) >= 11 is 0. The highest BCUT2D eigenvalue weighted by Gasteiger charge is 2.93. The normalized spacial score (nSPS) is 17.1. The minimum Gasteiger partial charge on any atom is -0.374 e. The number of hydrogen-bond acceptors (Lipinski definition) is 1. The molecule has 1 rings (SSSR count). The Morgan fingerprint density at radius 2 is 0.939 bits per heavy atom. The highest BCUT2D eigenvalue weighted by molar-refractivity contribution is 5.23. The molecule has 0 aliphatic heterocycles. The third-order valence-electron chi connectivity index (χ3n) is 4.79. The Hall–Kier alpha value is -1.87. The topological polar surface area (TPSA) is 9.23 Å². The number of hydrogen-bond donors (Lipinski definition) is 0. The van der Waals surface area contributed by atoms with Gasteiger partial charge in [0.25, 0.3) is 0 Å². The molecule has 0 spiro atoms. The molecule has 1 nitrogen and oxygen atoms in total. The molecule has 0 saturated carbocycles. The highest BCUT2D eigenvalue weighted by Crippen LogP contribution is 2.63. The molecule has 0 saturated heterocycles. The second kappa shape index (κ2) is 8.12. The van der Waals surface area contributed by atoms with Gasteiger partial charge >= 0.3 is 41.7 Å². The van der Waals surface area contributed by atoms with Crippen LogP contribution in [-0.2, 0) is 10.3 Å². The summed E-state index contributed by atoms with van der Waals surface area (Å²) in [7, 11) is 0.603. The zero-order valence-electron chi connectivity index (χ0n) is 16.2. The fourth-order valence-corrected chi connectivity index (χ4v) is 2.62. The van der Waals surface area contributed by atoms with Crippen molar-refractivity contribution in [3.05, 3.63) is 35.9 Å². The van der Waals surface area contributed by atoms with Crippen molar-refractivity contribution in [1.29, 1.82) is 0 Å². The fourth-order valence-electron chi connectivity index (χ4n) is 2.62. The predicted octanol–water partition coefficient (Wildman–Crippen LogP) is 7.31. The standard InChI is InChI=1S/C17H13F15O/c1-10(33-2,9-6-4-3-5-7-9)8-11(18,19)12(20,21)13(22,23)14(24,25)15(26,27)16(28,29)17(30,31)32/h3-7H,8H2,1-2H3. The van der Waals surface area contributed by atoms with Gasteiger partial charge < -0.3 is 4.74 Å². The largest absolute Gasteiger partial charge is 0.460 e. The zero-order valence-corrected chi connectivity index (χ0v) is 16.2. The van der Waals surface area contributed by atoms with Crippen LogP contribution < -0.4 is 0 Å². The molecule has 0 N–H and O–H groups in total. The van der Waals surface area contributed by atoms with E-state index in [1.165, 1.54) is 6.07 Å². The average molecular weight is 518 g/mol. The van der Waals surface area contributed by atoms with E-state index in [9.17, 15) is 65.9 Å². The summed E-state index contributed by atoms with van der Waals surface area (Å²) in [4.78, 5) is 0. The lowest BCUT2D eigenvalue weighted by molar-refractivity contribution is -0.453. The van der Waals surface area contributed by atoms with E-state index >= 15 is 0 Å². The molecule has 0 amide bonds. The first-order valence-electron chi connectivity index (χ1n) is 8.31. The van der Waals surface area contributed by atoms with E-state index in [1.54, 1.807) is 0 Å². The molecular weight excluding hydrogens is 505 g/mol. The Labute approximate surface area is 175 Å². The predicted molar refractivity (Wildman–Crippen MR) is 81.2 cm³/mol. The van der Waals surface area contributed by atoms with Crippen molar-refractivity contribution in [3.63, 3.8) is 0 Å². The highest BCUT2D eigenvalue weighted by atomic mass is 19.4. The molecule has 33 heavy (non-hydrogen) atoms. The van der Waals surface area contributed by atoms with Gasteiger partial charge in [0, 0.05) is 7.11 Å². The van der Waals surface area contributed by atoms with Gasteiger partial charge in [-0.3, -0.25) is 0 Å². The van der Waals surface area contributed by atoms with Gasteiger partial charge in [-0.25, -0.2) is 0 Å². The summed E-state index contributed by atoms with van der Waals surface area (Å²) in [6.45, 7) is 0.592. The summed E-state index contributed by atoms with van der Waals surface area (Å²) in [6.07, 6.45) is -10.2. The first-order chi connectivity index (χ1) is 14.4. The van der Waals surface area contributed by atoms with E-state index in [2.05, 4.69) is 4.74 Å². The first kappa shape index (κ1) is 29.2. The maximum absolute atomic E-state index is 14.2. The molecule has 0 aliphatic carbocycles. The summed E-state index contributed by atoms with van der Waals surface area (Å²) < 4.78 is 204. The van der Waals surface area contributed by atoms with E-state index in [0.29, 0.717) is 14.0 Å². The Bertz CT molecular complexity index is 815. The van der Waals surface area contributed by atoms with Crippen molar-refractivity contribution in [2.45, 2.75) is 60.7 Å². The van der Waals surface area contributed by atoms with Crippen molar-refractivity contribution in [1.82, 2.24) is 0 Å². The Morgan fingerprint density at radius 3 is 1.30 bits per heavy atom. The molecule has 1 aromatic rings. The molecule has 0 bridgehead atoms. The second-order valence-electron chi connectivity index (χ2n) is 7.05. The van der Waals surface area contributed by atoms with Crippen LogP contribution in [-0.4, -0.2) is 48.8 Å². The van der Waals surface area contributed by atoms with Crippen molar-refractivity contribution in [2.24, 2.45) is 0 Å². The van der Waals surface area contributed by atoms with Crippen molar-refractivity contribution < 1.29 is 70.6 Å². The smallest absolute Gasteiger partial charge is 0.374 e. The van der Waals surface area contributed by atoms with Crippen LogP contribution in [0.25, 0.3) is 0 Å². The fraction of sp³-hybridized carbons (Fsp3) is 0.647. The van der Waals surface area contributed by atoms with Gasteiger partial charge in [0.15, 0.2) is 0 Å². The lowest BCUT2D eigenvalue weighted by Crippen LogP contribution is -2.72. The lowest BCUT2D eigenvalue weighted by Gasteiger charge is -2.43. The van der Waals surface area contributed by atoms with Gasteiger partial charge in [-0.1, -0.05) is 30.3 Å². The maximum atomic E-state index is 14.2. The molecule has 1 unspecified atom stereocenters. The van der Waals surface area contributed by atoms with Crippen molar-refractivity contribution in [2.75, 3.05) is 7.11 Å². The van der Waals surface area contributed by atoms with Gasteiger partial charge in [0.1, 0.15) is 0 Å². The minimum absolute atomic E-state index is 0.410. The summed E-state index contributed by atoms with van der Waals surface area (Å²) in [5.41, 5.74) is -3.06. The first-order valence-corrected chi connectivity index (χ1v) is 8.31. The molecule has 1 atom stereocenters. The van der Waals surface area contributed by atoms with Gasteiger partial charge in [0.2, 0.25) is 0 Å². The van der Waals surface area contributed by atoms with Crippen LogP contribution in [0.15, 0.2) is 30.3 Å². The van der Waals surface area contributed by atoms with Crippen LogP contribution in [0.3, 0.4) is 0 Å². The van der Waals surface area contributed by atoms with Crippen LogP contribution >= 0.6 is 0 Å². The van der Waals surface area contributed by atoms with Crippen molar-refractivity contribution >= 4 is 0 Å². The minimum atomic E-state index is -8.30. The van der Waals surface area contributed by atoms with Crippen LogP contribution in [0.1, 0.15) is 18.9 Å². The molecule has 0 fully saturated rings. The Kier molecular flexibility index (Phi) is 7.17. The number of rotatable bonds is 9. The summed E-state index contributed by atoms with van der Waals surface area (Å²) in [6, 6.07) is 5.44. The second-order valence-corrected chi connectivity index (χ2v) is 7.05. The van der Waals surface area contributed by atoms with Crippen LogP contribution in [0.4, 0.5) is 65.9 Å². The summed E-state index contributed by atoms with van der Waals surface area (Å²) in [5.74, 6) is -46.6. The monoisotopic (exact) mass is 518 g/mol. The van der Waals surface area contributed by atoms with E-state index in [0.717, 1.165) is 24.3 Å². The Morgan fingerprint density at radius 1 is 0.576 bits per heavy atom. The van der Waals surface area contributed by atoms with E-state index < -0.39 is 59.3 Å². The molecule has 16 heteroatoms. The van der Waals surface area contributed by atoms with Crippen LogP contribution in [0.5, 0.6) is 0 Å². The van der Waals surface area contributed by atoms with Gasteiger partial charge in [0.05, 0.1) is 12.0 Å². The quantitative estimate of drug-likeness (QED) is 0.312.